The van der Waals surface area contributed by atoms with Crippen LogP contribution in [0.3, 0.4) is 0 Å². The quantitative estimate of drug-likeness (QED) is 0.710. The van der Waals surface area contributed by atoms with Crippen LogP contribution in [0.1, 0.15) is 33.5 Å². The second kappa shape index (κ2) is 6.28. The summed E-state index contributed by atoms with van der Waals surface area (Å²) >= 11 is 0. The smallest absolute Gasteiger partial charge is 0.295 e. The monoisotopic (exact) mass is 364 g/mol. The van der Waals surface area contributed by atoms with E-state index in [4.69, 9.17) is 8.94 Å². The fourth-order valence-electron chi connectivity index (χ4n) is 3.14. The Bertz CT molecular complexity index is 1040. The van der Waals surface area contributed by atoms with Crippen molar-refractivity contribution in [2.75, 3.05) is 4.90 Å². The molecule has 1 aromatic carbocycles. The highest BCUT2D eigenvalue weighted by atomic mass is 16.5. The van der Waals surface area contributed by atoms with E-state index in [-0.39, 0.29) is 17.2 Å². The van der Waals surface area contributed by atoms with Gasteiger partial charge in [0, 0.05) is 6.07 Å². The molecule has 1 unspecified atom stereocenters. The molecule has 0 radical (unpaired) electrons. The van der Waals surface area contributed by atoms with Crippen molar-refractivity contribution in [3.63, 3.8) is 0 Å². The summed E-state index contributed by atoms with van der Waals surface area (Å²) in [7, 11) is 0. The van der Waals surface area contributed by atoms with Crippen molar-refractivity contribution in [3.05, 3.63) is 82.7 Å². The molecule has 4 rings (SSSR count). The number of aromatic nitrogens is 1. The lowest BCUT2D eigenvalue weighted by atomic mass is 9.94. The van der Waals surface area contributed by atoms with Crippen LogP contribution in [0.15, 0.2) is 69.0 Å². The van der Waals surface area contributed by atoms with Gasteiger partial charge in [0.2, 0.25) is 5.78 Å². The van der Waals surface area contributed by atoms with Crippen LogP contribution in [0.5, 0.6) is 0 Å². The number of ketones is 1. The zero-order valence-electron chi connectivity index (χ0n) is 14.7. The van der Waals surface area contributed by atoms with Crippen molar-refractivity contribution in [1.82, 2.24) is 5.16 Å². The summed E-state index contributed by atoms with van der Waals surface area (Å²) in [6.45, 7) is 3.63. The van der Waals surface area contributed by atoms with Crippen molar-refractivity contribution in [2.45, 2.75) is 19.9 Å². The summed E-state index contributed by atoms with van der Waals surface area (Å²) in [6.07, 6.45) is 1.36. The summed E-state index contributed by atoms with van der Waals surface area (Å²) in [6, 6.07) is 11.1. The van der Waals surface area contributed by atoms with E-state index in [2.05, 4.69) is 5.16 Å². The number of aliphatic hydroxyl groups is 1. The molecule has 0 saturated heterocycles. The maximum absolute atomic E-state index is 13.0. The zero-order valence-corrected chi connectivity index (χ0v) is 14.7. The van der Waals surface area contributed by atoms with E-state index < -0.39 is 23.5 Å². The first-order valence-electron chi connectivity index (χ1n) is 8.32. The van der Waals surface area contributed by atoms with E-state index >= 15 is 0 Å². The molecule has 27 heavy (non-hydrogen) atoms. The largest absolute Gasteiger partial charge is 0.503 e. The van der Waals surface area contributed by atoms with Crippen molar-refractivity contribution in [2.24, 2.45) is 0 Å². The number of nitrogens with zero attached hydrogens (tertiary/aromatic N) is 2. The van der Waals surface area contributed by atoms with Gasteiger partial charge in [-0.25, -0.2) is 0 Å². The first-order chi connectivity index (χ1) is 13.0. The highest BCUT2D eigenvalue weighted by Gasteiger charge is 2.46. The number of anilines is 1. The number of aryl methyl sites for hydroxylation is 2. The van der Waals surface area contributed by atoms with Gasteiger partial charge in [0.1, 0.15) is 5.76 Å². The summed E-state index contributed by atoms with van der Waals surface area (Å²) in [5.41, 5.74) is 1.63. The van der Waals surface area contributed by atoms with Crippen LogP contribution in [0.25, 0.3) is 0 Å². The number of amides is 1. The highest BCUT2D eigenvalue weighted by Crippen LogP contribution is 2.41. The molecule has 2 aromatic heterocycles. The third kappa shape index (κ3) is 2.73. The molecular formula is C20H16N2O5. The molecule has 0 fully saturated rings. The van der Waals surface area contributed by atoms with Gasteiger partial charge >= 0.3 is 0 Å². The molecular weight excluding hydrogens is 348 g/mol. The van der Waals surface area contributed by atoms with Gasteiger partial charge in [-0.3, -0.25) is 14.5 Å². The van der Waals surface area contributed by atoms with Crippen LogP contribution in [-0.4, -0.2) is 22.0 Å². The molecule has 3 heterocycles. The maximum Gasteiger partial charge on any atom is 0.295 e. The number of hydrogen-bond donors (Lipinski definition) is 1. The lowest BCUT2D eigenvalue weighted by Gasteiger charge is -2.24. The summed E-state index contributed by atoms with van der Waals surface area (Å²) < 4.78 is 10.3. The van der Waals surface area contributed by atoms with E-state index in [1.165, 1.54) is 17.2 Å². The summed E-state index contributed by atoms with van der Waals surface area (Å²) in [5, 5.41) is 14.4. The van der Waals surface area contributed by atoms with Crippen molar-refractivity contribution < 1.29 is 23.6 Å². The number of Topliss-reactive ketones (excluding diaryl/α,β-unsaturated/α-hetero) is 1. The number of benzene rings is 1. The molecule has 7 nitrogen and oxygen atoms in total. The van der Waals surface area contributed by atoms with Crippen molar-refractivity contribution >= 4 is 17.5 Å². The van der Waals surface area contributed by atoms with Gasteiger partial charge in [-0.05, 0) is 31.5 Å². The summed E-state index contributed by atoms with van der Waals surface area (Å²) in [5.74, 6) is -1.13. The number of aliphatic hydroxyl groups excluding tert-OH is 1. The molecule has 0 spiro atoms. The third-order valence-corrected chi connectivity index (χ3v) is 4.45. The second-order valence-corrected chi connectivity index (χ2v) is 6.35. The Morgan fingerprint density at radius 2 is 1.93 bits per heavy atom. The van der Waals surface area contributed by atoms with E-state index in [1.54, 1.807) is 31.2 Å². The number of carbonyl (C=O) groups is 2. The highest BCUT2D eigenvalue weighted by molar-refractivity contribution is 6.19. The van der Waals surface area contributed by atoms with Gasteiger partial charge in [-0.2, -0.15) is 0 Å². The Morgan fingerprint density at radius 1 is 1.19 bits per heavy atom. The fourth-order valence-corrected chi connectivity index (χ4v) is 3.14. The summed E-state index contributed by atoms with van der Waals surface area (Å²) in [4.78, 5) is 27.0. The van der Waals surface area contributed by atoms with Gasteiger partial charge in [0.15, 0.2) is 17.3 Å². The Balaban J connectivity index is 1.88. The van der Waals surface area contributed by atoms with Crippen molar-refractivity contribution in [3.8, 4) is 0 Å². The predicted octanol–water partition coefficient (Wildman–Crippen LogP) is 3.67. The van der Waals surface area contributed by atoms with Crippen LogP contribution in [-0.2, 0) is 4.79 Å². The minimum atomic E-state index is -0.847. The molecule has 0 bridgehead atoms. The SMILES string of the molecule is Cc1ccc(C2C(C(=O)c3ccco3)=C(O)C(=O)N2c2cc(C)on2)cc1. The van der Waals surface area contributed by atoms with Gasteiger partial charge in [0.05, 0.1) is 17.9 Å². The normalized spacial score (nSPS) is 17.0. The number of carbonyl (C=O) groups excluding carboxylic acids is 2. The van der Waals surface area contributed by atoms with Crippen LogP contribution >= 0.6 is 0 Å². The first-order valence-corrected chi connectivity index (χ1v) is 8.32. The van der Waals surface area contributed by atoms with Crippen LogP contribution in [0, 0.1) is 13.8 Å². The standard InChI is InChI=1S/C20H16N2O5/c1-11-5-7-13(8-6-11)17-16(18(23)14-4-3-9-26-14)19(24)20(25)22(17)15-10-12(2)27-21-15/h3-10,17,24H,1-2H3. The Hall–Kier alpha value is -3.61. The predicted molar refractivity (Wildman–Crippen MR) is 95.3 cm³/mol. The van der Waals surface area contributed by atoms with Gasteiger partial charge < -0.3 is 14.0 Å². The molecule has 3 aromatic rings. The Morgan fingerprint density at radius 3 is 2.52 bits per heavy atom. The van der Waals surface area contributed by atoms with Gasteiger partial charge in [-0.1, -0.05) is 35.0 Å². The molecule has 1 aliphatic rings. The molecule has 136 valence electrons. The molecule has 1 atom stereocenters. The van der Waals surface area contributed by atoms with E-state index in [9.17, 15) is 14.7 Å². The third-order valence-electron chi connectivity index (χ3n) is 4.45. The minimum absolute atomic E-state index is 0.0413. The van der Waals surface area contributed by atoms with Gasteiger partial charge in [-0.15, -0.1) is 0 Å². The van der Waals surface area contributed by atoms with E-state index in [0.717, 1.165) is 5.56 Å². The van der Waals surface area contributed by atoms with E-state index in [0.29, 0.717) is 11.3 Å². The maximum atomic E-state index is 13.0. The number of furan rings is 1. The van der Waals surface area contributed by atoms with E-state index in [1.807, 2.05) is 19.1 Å². The number of rotatable bonds is 4. The Kier molecular flexibility index (Phi) is 3.92. The van der Waals surface area contributed by atoms with Crippen LogP contribution in [0.2, 0.25) is 0 Å². The zero-order chi connectivity index (χ0) is 19.1. The van der Waals surface area contributed by atoms with Gasteiger partial charge in [0.25, 0.3) is 5.91 Å². The molecule has 1 amide bonds. The van der Waals surface area contributed by atoms with Crippen molar-refractivity contribution in [1.29, 1.82) is 0 Å². The Labute approximate surface area is 154 Å². The number of hydrogen-bond acceptors (Lipinski definition) is 6. The molecule has 0 aliphatic carbocycles. The average molecular weight is 364 g/mol. The lowest BCUT2D eigenvalue weighted by molar-refractivity contribution is -0.117. The molecule has 7 heteroatoms. The fraction of sp³-hybridized carbons (Fsp3) is 0.150. The second-order valence-electron chi connectivity index (χ2n) is 6.35. The first kappa shape index (κ1) is 16.8. The molecule has 0 saturated carbocycles. The molecule has 1 N–H and O–H groups in total. The minimum Gasteiger partial charge on any atom is -0.503 e. The average Bonchev–Trinajstić information content (AvgIpc) is 3.37. The molecule has 1 aliphatic heterocycles. The lowest BCUT2D eigenvalue weighted by Crippen LogP contribution is -2.31. The van der Waals surface area contributed by atoms with Crippen LogP contribution < -0.4 is 4.90 Å². The van der Waals surface area contributed by atoms with Crippen LogP contribution in [0.4, 0.5) is 5.82 Å². The topological polar surface area (TPSA) is 96.8 Å².